The van der Waals surface area contributed by atoms with E-state index in [1.807, 2.05) is 53.2 Å². The minimum absolute atomic E-state index is 0.0504. The van der Waals surface area contributed by atoms with Crippen molar-refractivity contribution in [2.75, 3.05) is 18.5 Å². The number of nitrogens with zero attached hydrogens (tertiary/aromatic N) is 3. The van der Waals surface area contributed by atoms with Crippen molar-refractivity contribution in [3.05, 3.63) is 82.9 Å². The molecule has 2 N–H and O–H groups in total. The summed E-state index contributed by atoms with van der Waals surface area (Å²) in [4.78, 5) is 19.7. The fraction of sp³-hybridized carbons (Fsp3) is 0.208. The highest BCUT2D eigenvalue weighted by Crippen LogP contribution is 2.34. The van der Waals surface area contributed by atoms with Crippen LogP contribution in [0.2, 0.25) is 10.0 Å². The van der Waals surface area contributed by atoms with Gasteiger partial charge in [0, 0.05) is 23.8 Å². The molecule has 1 atom stereocenters. The van der Waals surface area contributed by atoms with E-state index in [9.17, 15) is 4.79 Å². The Hall–Kier alpha value is -3.13. The maximum Gasteiger partial charge on any atom is 0.305 e. The molecular weight excluding hydrogens is 463 g/mol. The van der Waals surface area contributed by atoms with Crippen molar-refractivity contribution in [1.82, 2.24) is 14.5 Å². The Morgan fingerprint density at radius 3 is 2.73 bits per heavy atom. The third kappa shape index (κ3) is 5.82. The molecule has 7 nitrogen and oxygen atoms in total. The lowest BCUT2D eigenvalue weighted by molar-refractivity contribution is -0.138. The molecule has 1 unspecified atom stereocenters. The number of rotatable bonds is 10. The van der Waals surface area contributed by atoms with Gasteiger partial charge in [0.05, 0.1) is 53.3 Å². The summed E-state index contributed by atoms with van der Waals surface area (Å²) in [5.74, 6) is -0.298. The molecule has 33 heavy (non-hydrogen) atoms. The first-order chi connectivity index (χ1) is 16.0. The van der Waals surface area contributed by atoms with Crippen LogP contribution in [0.25, 0.3) is 16.6 Å². The number of fused-ring (bicyclic) bond motifs is 1. The number of anilines is 1. The van der Waals surface area contributed by atoms with E-state index >= 15 is 0 Å². The van der Waals surface area contributed by atoms with E-state index in [0.717, 1.165) is 16.6 Å². The van der Waals surface area contributed by atoms with E-state index in [1.165, 1.54) is 0 Å². The molecule has 0 amide bonds. The number of ether oxygens (including phenoxy) is 1. The zero-order chi connectivity index (χ0) is 23.2. The summed E-state index contributed by atoms with van der Waals surface area (Å²) < 4.78 is 7.53. The Labute approximate surface area is 201 Å². The highest BCUT2D eigenvalue weighted by atomic mass is 35.5. The predicted octanol–water partition coefficient (Wildman–Crippen LogP) is 5.24. The summed E-state index contributed by atoms with van der Waals surface area (Å²) in [6.45, 7) is 0.445. The van der Waals surface area contributed by atoms with Crippen molar-refractivity contribution in [3.63, 3.8) is 0 Å². The lowest BCUT2D eigenvalue weighted by Gasteiger charge is -2.21. The van der Waals surface area contributed by atoms with Crippen LogP contribution in [-0.4, -0.2) is 44.9 Å². The predicted molar refractivity (Wildman–Crippen MR) is 130 cm³/mol. The molecule has 0 aliphatic carbocycles. The number of nitrogens with one attached hydrogen (secondary N) is 1. The molecule has 4 aromatic rings. The lowest BCUT2D eigenvalue weighted by atomic mass is 10.1. The molecule has 2 heterocycles. The van der Waals surface area contributed by atoms with Gasteiger partial charge in [0.2, 0.25) is 0 Å². The van der Waals surface area contributed by atoms with Gasteiger partial charge in [-0.25, -0.2) is 9.97 Å². The normalized spacial score (nSPS) is 12.1. The topological polar surface area (TPSA) is 89.3 Å². The maximum absolute atomic E-state index is 10.8. The third-order valence-corrected chi connectivity index (χ3v) is 5.88. The first-order valence-corrected chi connectivity index (χ1v) is 11.1. The first-order valence-electron chi connectivity index (χ1n) is 10.4. The Morgan fingerprint density at radius 2 is 2.00 bits per heavy atom. The van der Waals surface area contributed by atoms with Crippen molar-refractivity contribution < 1.29 is 14.6 Å². The molecule has 0 radical (unpaired) electrons. The first kappa shape index (κ1) is 23.0. The smallest absolute Gasteiger partial charge is 0.305 e. The van der Waals surface area contributed by atoms with Crippen LogP contribution in [0.4, 0.5) is 5.82 Å². The fourth-order valence-corrected chi connectivity index (χ4v) is 3.91. The van der Waals surface area contributed by atoms with Crippen LogP contribution in [0.1, 0.15) is 12.0 Å². The molecule has 0 fully saturated rings. The molecule has 0 spiro atoms. The second-order valence-corrected chi connectivity index (χ2v) is 8.29. The van der Waals surface area contributed by atoms with E-state index in [0.29, 0.717) is 34.4 Å². The van der Waals surface area contributed by atoms with Crippen LogP contribution in [0, 0.1) is 0 Å². The molecule has 0 saturated carbocycles. The molecule has 0 bridgehead atoms. The Kier molecular flexibility index (Phi) is 7.44. The molecule has 2 aromatic carbocycles. The van der Waals surface area contributed by atoms with Gasteiger partial charge in [0.1, 0.15) is 5.82 Å². The van der Waals surface area contributed by atoms with Crippen molar-refractivity contribution >= 4 is 45.9 Å². The number of carboxylic acids is 1. The molecule has 170 valence electrons. The average Bonchev–Trinajstić information content (AvgIpc) is 3.34. The summed E-state index contributed by atoms with van der Waals surface area (Å²) in [5, 5.41) is 14.0. The maximum atomic E-state index is 10.8. The van der Waals surface area contributed by atoms with E-state index < -0.39 is 5.97 Å². The Balaban J connectivity index is 1.66. The van der Waals surface area contributed by atoms with Crippen LogP contribution in [0.5, 0.6) is 0 Å². The van der Waals surface area contributed by atoms with Gasteiger partial charge in [-0.05, 0) is 24.1 Å². The van der Waals surface area contributed by atoms with Gasteiger partial charge in [0.25, 0.3) is 0 Å². The van der Waals surface area contributed by atoms with Gasteiger partial charge >= 0.3 is 5.97 Å². The highest BCUT2D eigenvalue weighted by Gasteiger charge is 2.16. The van der Waals surface area contributed by atoms with Crippen molar-refractivity contribution in [3.8, 4) is 5.69 Å². The number of carbonyl (C=O) groups is 1. The van der Waals surface area contributed by atoms with Gasteiger partial charge in [-0.2, -0.15) is 0 Å². The number of imidazole rings is 1. The number of hydrogen-bond acceptors (Lipinski definition) is 5. The Bertz CT molecular complexity index is 1230. The van der Waals surface area contributed by atoms with E-state index in [1.54, 1.807) is 18.6 Å². The molecule has 2 aromatic heterocycles. The standard InChI is InChI=1S/C24H22Cl2N4O3/c25-19-7-6-18-20(30-10-9-27-15-30)13-21(29-24(18)23(19)26)28-17(14-33-11-8-22(31)32)12-16-4-2-1-3-5-16/h1-7,9-10,13,15,17H,8,11-12,14H2,(H,28,29)(H,31,32). The van der Waals surface area contributed by atoms with Crippen LogP contribution < -0.4 is 5.32 Å². The zero-order valence-electron chi connectivity index (χ0n) is 17.6. The summed E-state index contributed by atoms with van der Waals surface area (Å²) in [6.07, 6.45) is 5.86. The van der Waals surface area contributed by atoms with Gasteiger partial charge < -0.3 is 19.7 Å². The molecule has 4 rings (SSSR count). The van der Waals surface area contributed by atoms with E-state index in [4.69, 9.17) is 38.0 Å². The molecule has 0 aliphatic rings. The average molecular weight is 485 g/mol. The number of carboxylic acid groups (broad SMARTS) is 1. The minimum Gasteiger partial charge on any atom is -0.481 e. The molecular formula is C24H22Cl2N4O3. The zero-order valence-corrected chi connectivity index (χ0v) is 19.1. The second kappa shape index (κ2) is 10.7. The minimum atomic E-state index is -0.893. The lowest BCUT2D eigenvalue weighted by Crippen LogP contribution is -2.29. The molecule has 9 heteroatoms. The van der Waals surface area contributed by atoms with E-state index in [2.05, 4.69) is 10.3 Å². The van der Waals surface area contributed by atoms with Crippen LogP contribution >= 0.6 is 23.2 Å². The number of aromatic nitrogens is 3. The second-order valence-electron chi connectivity index (χ2n) is 7.50. The highest BCUT2D eigenvalue weighted by molar-refractivity contribution is 6.45. The monoisotopic (exact) mass is 484 g/mol. The largest absolute Gasteiger partial charge is 0.481 e. The Morgan fingerprint density at radius 1 is 1.18 bits per heavy atom. The third-order valence-electron chi connectivity index (χ3n) is 5.09. The SMILES string of the molecule is O=C(O)CCOCC(Cc1ccccc1)Nc1cc(-n2ccnc2)c2ccc(Cl)c(Cl)c2n1. The summed E-state index contributed by atoms with van der Waals surface area (Å²) in [6, 6.07) is 15.4. The number of halogens is 2. The van der Waals surface area contributed by atoms with Gasteiger partial charge in [-0.3, -0.25) is 4.79 Å². The summed E-state index contributed by atoms with van der Waals surface area (Å²) in [5.41, 5.74) is 2.54. The van der Waals surface area contributed by atoms with Crippen LogP contribution in [-0.2, 0) is 16.0 Å². The fourth-order valence-electron chi connectivity index (χ4n) is 3.55. The van der Waals surface area contributed by atoms with E-state index in [-0.39, 0.29) is 19.1 Å². The van der Waals surface area contributed by atoms with Crippen LogP contribution in [0.3, 0.4) is 0 Å². The molecule has 0 saturated heterocycles. The number of benzene rings is 2. The van der Waals surface area contributed by atoms with Gasteiger partial charge in [-0.15, -0.1) is 0 Å². The quantitative estimate of drug-likeness (QED) is 0.299. The molecule has 0 aliphatic heterocycles. The number of hydrogen-bond donors (Lipinski definition) is 2. The number of aliphatic carboxylic acids is 1. The van der Waals surface area contributed by atoms with Crippen molar-refractivity contribution in [1.29, 1.82) is 0 Å². The van der Waals surface area contributed by atoms with Crippen molar-refractivity contribution in [2.24, 2.45) is 0 Å². The number of pyridine rings is 1. The van der Waals surface area contributed by atoms with Crippen molar-refractivity contribution in [2.45, 2.75) is 18.9 Å². The van der Waals surface area contributed by atoms with Crippen LogP contribution in [0.15, 0.2) is 67.3 Å². The van der Waals surface area contributed by atoms with Gasteiger partial charge in [-0.1, -0.05) is 53.5 Å². The summed E-state index contributed by atoms with van der Waals surface area (Å²) in [7, 11) is 0. The summed E-state index contributed by atoms with van der Waals surface area (Å²) >= 11 is 12.8. The van der Waals surface area contributed by atoms with Gasteiger partial charge in [0.15, 0.2) is 0 Å².